The van der Waals surface area contributed by atoms with Crippen LogP contribution < -0.4 is 4.74 Å². The Morgan fingerprint density at radius 2 is 2.06 bits per heavy atom. The standard InChI is InChI=1S/C11H13F3O2S2/c1-15-10-6-9(18-17)3-2-8(10)7-16-5-4-11(12,13)14/h2-3,6,17H,4-5,7H2,1H3. The maximum Gasteiger partial charge on any atom is 0.391 e. The molecule has 0 aliphatic heterocycles. The van der Waals surface area contributed by atoms with Crippen molar-refractivity contribution in [1.82, 2.24) is 0 Å². The molecule has 0 aliphatic rings. The predicted octanol–water partition coefficient (Wildman–Crippen LogP) is 4.10. The summed E-state index contributed by atoms with van der Waals surface area (Å²) in [6.45, 7) is -0.257. The lowest BCUT2D eigenvalue weighted by molar-refractivity contribution is -0.146. The summed E-state index contributed by atoms with van der Waals surface area (Å²) in [5.41, 5.74) is 0.714. The van der Waals surface area contributed by atoms with Gasteiger partial charge >= 0.3 is 6.18 Å². The molecule has 0 saturated carbocycles. The van der Waals surface area contributed by atoms with E-state index in [1.54, 1.807) is 12.1 Å². The molecule has 7 heteroatoms. The Morgan fingerprint density at radius 1 is 1.33 bits per heavy atom. The normalized spacial score (nSPS) is 11.6. The lowest BCUT2D eigenvalue weighted by Gasteiger charge is -2.11. The Hall–Kier alpha value is -0.530. The number of ether oxygens (including phenoxy) is 2. The van der Waals surface area contributed by atoms with Crippen molar-refractivity contribution >= 4 is 22.5 Å². The Balaban J connectivity index is 2.51. The van der Waals surface area contributed by atoms with Crippen molar-refractivity contribution in [2.24, 2.45) is 0 Å². The van der Waals surface area contributed by atoms with Crippen molar-refractivity contribution in [2.45, 2.75) is 24.1 Å². The van der Waals surface area contributed by atoms with E-state index < -0.39 is 12.6 Å². The van der Waals surface area contributed by atoms with Crippen LogP contribution in [-0.4, -0.2) is 19.9 Å². The highest BCUT2D eigenvalue weighted by Gasteiger charge is 2.26. The molecule has 0 atom stereocenters. The predicted molar refractivity (Wildman–Crippen MR) is 68.2 cm³/mol. The van der Waals surface area contributed by atoms with Gasteiger partial charge in [-0.2, -0.15) is 13.2 Å². The van der Waals surface area contributed by atoms with E-state index in [0.717, 1.165) is 4.90 Å². The van der Waals surface area contributed by atoms with Crippen LogP contribution in [0.1, 0.15) is 12.0 Å². The summed E-state index contributed by atoms with van der Waals surface area (Å²) in [5.74, 6) is 0.584. The summed E-state index contributed by atoms with van der Waals surface area (Å²) in [5, 5.41) is 0. The quantitative estimate of drug-likeness (QED) is 0.484. The van der Waals surface area contributed by atoms with Gasteiger partial charge in [-0.05, 0) is 12.1 Å². The molecule has 18 heavy (non-hydrogen) atoms. The minimum Gasteiger partial charge on any atom is -0.496 e. The molecule has 0 bridgehead atoms. The number of hydrogen-bond acceptors (Lipinski definition) is 4. The van der Waals surface area contributed by atoms with Crippen molar-refractivity contribution in [3.63, 3.8) is 0 Å². The van der Waals surface area contributed by atoms with Crippen molar-refractivity contribution in [3.05, 3.63) is 23.8 Å². The minimum absolute atomic E-state index is 0.0940. The summed E-state index contributed by atoms with van der Waals surface area (Å²) in [7, 11) is 2.77. The summed E-state index contributed by atoms with van der Waals surface area (Å²) in [6, 6.07) is 5.33. The zero-order chi connectivity index (χ0) is 13.6. The first kappa shape index (κ1) is 15.5. The van der Waals surface area contributed by atoms with Crippen molar-refractivity contribution in [3.8, 4) is 5.75 Å². The number of hydrogen-bond donors (Lipinski definition) is 1. The van der Waals surface area contributed by atoms with E-state index in [2.05, 4.69) is 11.7 Å². The highest BCUT2D eigenvalue weighted by molar-refractivity contribution is 8.68. The van der Waals surface area contributed by atoms with Gasteiger partial charge in [-0.3, -0.25) is 0 Å². The van der Waals surface area contributed by atoms with Gasteiger partial charge < -0.3 is 9.47 Å². The van der Waals surface area contributed by atoms with Crippen LogP contribution in [-0.2, 0) is 11.3 Å². The van der Waals surface area contributed by atoms with Crippen molar-refractivity contribution in [1.29, 1.82) is 0 Å². The van der Waals surface area contributed by atoms with E-state index in [0.29, 0.717) is 11.3 Å². The molecule has 0 unspecified atom stereocenters. The highest BCUT2D eigenvalue weighted by Crippen LogP contribution is 2.29. The van der Waals surface area contributed by atoms with Gasteiger partial charge in [-0.1, -0.05) is 16.9 Å². The van der Waals surface area contributed by atoms with Gasteiger partial charge in [0.15, 0.2) is 0 Å². The first-order valence-electron chi connectivity index (χ1n) is 5.09. The third-order valence-corrected chi connectivity index (χ3v) is 3.25. The van der Waals surface area contributed by atoms with Crippen molar-refractivity contribution < 1.29 is 22.6 Å². The van der Waals surface area contributed by atoms with Crippen LogP contribution in [0.4, 0.5) is 13.2 Å². The number of alkyl halides is 3. The molecule has 0 amide bonds. The van der Waals surface area contributed by atoms with Crippen LogP contribution in [0, 0.1) is 0 Å². The van der Waals surface area contributed by atoms with E-state index >= 15 is 0 Å². The molecule has 1 rings (SSSR count). The van der Waals surface area contributed by atoms with Gasteiger partial charge in [-0.25, -0.2) is 0 Å². The van der Waals surface area contributed by atoms with Gasteiger partial charge in [0.2, 0.25) is 0 Å². The highest BCUT2D eigenvalue weighted by atomic mass is 33.1. The number of benzene rings is 1. The number of methoxy groups -OCH3 is 1. The number of halogens is 3. The lowest BCUT2D eigenvalue weighted by atomic mass is 10.2. The van der Waals surface area contributed by atoms with Crippen LogP contribution in [0.2, 0.25) is 0 Å². The van der Waals surface area contributed by atoms with E-state index in [9.17, 15) is 13.2 Å². The molecule has 0 radical (unpaired) electrons. The first-order valence-corrected chi connectivity index (χ1v) is 6.96. The maximum atomic E-state index is 11.9. The molecule has 0 fully saturated rings. The molecule has 2 nitrogen and oxygen atoms in total. The molecule has 0 saturated heterocycles. The number of thiol groups is 1. The molecule has 0 N–H and O–H groups in total. The molecule has 0 spiro atoms. The van der Waals surface area contributed by atoms with Gasteiger partial charge in [0.05, 0.1) is 26.7 Å². The summed E-state index contributed by atoms with van der Waals surface area (Å²) < 4.78 is 45.9. The Kier molecular flexibility index (Phi) is 6.17. The SMILES string of the molecule is COc1cc(SS)ccc1COCCC(F)(F)F. The van der Waals surface area contributed by atoms with Gasteiger partial charge in [0, 0.05) is 10.5 Å². The van der Waals surface area contributed by atoms with E-state index in [1.807, 2.05) is 6.07 Å². The molecular formula is C11H13F3O2S2. The zero-order valence-electron chi connectivity index (χ0n) is 9.66. The maximum absolute atomic E-state index is 11.9. The smallest absolute Gasteiger partial charge is 0.391 e. The second-order valence-electron chi connectivity index (χ2n) is 3.48. The van der Waals surface area contributed by atoms with Crippen LogP contribution >= 0.6 is 22.5 Å². The topological polar surface area (TPSA) is 18.5 Å². The second kappa shape index (κ2) is 7.16. The van der Waals surface area contributed by atoms with Gasteiger partial charge in [0.1, 0.15) is 5.75 Å². The largest absolute Gasteiger partial charge is 0.496 e. The Bertz CT molecular complexity index is 383. The average Bonchev–Trinajstić information content (AvgIpc) is 2.33. The molecule has 0 heterocycles. The van der Waals surface area contributed by atoms with E-state index in [-0.39, 0.29) is 13.2 Å². The summed E-state index contributed by atoms with van der Waals surface area (Å²) >= 11 is 4.05. The summed E-state index contributed by atoms with van der Waals surface area (Å²) in [4.78, 5) is 0.897. The molecule has 0 aliphatic carbocycles. The Morgan fingerprint density at radius 3 is 2.61 bits per heavy atom. The first-order chi connectivity index (χ1) is 8.46. The molecule has 1 aromatic rings. The Labute approximate surface area is 113 Å². The second-order valence-corrected chi connectivity index (χ2v) is 4.68. The van der Waals surface area contributed by atoms with Gasteiger partial charge in [0.25, 0.3) is 0 Å². The monoisotopic (exact) mass is 298 g/mol. The molecule has 0 aromatic heterocycles. The molecule has 1 aromatic carbocycles. The van der Waals surface area contributed by atoms with Crippen LogP contribution in [0.5, 0.6) is 5.75 Å². The molecule has 102 valence electrons. The fourth-order valence-corrected chi connectivity index (χ4v) is 1.90. The van der Waals surface area contributed by atoms with Crippen LogP contribution in [0.3, 0.4) is 0 Å². The van der Waals surface area contributed by atoms with E-state index in [1.165, 1.54) is 17.9 Å². The number of rotatable bonds is 6. The third kappa shape index (κ3) is 5.41. The van der Waals surface area contributed by atoms with Crippen molar-refractivity contribution in [2.75, 3.05) is 13.7 Å². The lowest BCUT2D eigenvalue weighted by Crippen LogP contribution is -2.11. The van der Waals surface area contributed by atoms with Gasteiger partial charge in [-0.15, -0.1) is 11.7 Å². The average molecular weight is 298 g/mol. The summed E-state index contributed by atoms with van der Waals surface area (Å²) in [6.07, 6.45) is -5.13. The third-order valence-electron chi connectivity index (χ3n) is 2.15. The zero-order valence-corrected chi connectivity index (χ0v) is 11.4. The van der Waals surface area contributed by atoms with Crippen LogP contribution in [0.25, 0.3) is 0 Å². The van der Waals surface area contributed by atoms with Crippen LogP contribution in [0.15, 0.2) is 23.1 Å². The van der Waals surface area contributed by atoms with E-state index in [4.69, 9.17) is 9.47 Å². The fourth-order valence-electron chi connectivity index (χ4n) is 1.27. The molecular weight excluding hydrogens is 285 g/mol. The minimum atomic E-state index is -4.18. The fraction of sp³-hybridized carbons (Fsp3) is 0.455.